The van der Waals surface area contributed by atoms with Gasteiger partial charge in [0.2, 0.25) is 11.8 Å². The number of carbonyl (C=O) groups is 2. The summed E-state index contributed by atoms with van der Waals surface area (Å²) in [7, 11) is 1.59. The van der Waals surface area contributed by atoms with Crippen molar-refractivity contribution in [2.24, 2.45) is 0 Å². The fourth-order valence-corrected chi connectivity index (χ4v) is 2.23. The van der Waals surface area contributed by atoms with Gasteiger partial charge in [0.25, 0.3) is 0 Å². The smallest absolute Gasteiger partial charge is 0.223 e. The summed E-state index contributed by atoms with van der Waals surface area (Å²) in [6.45, 7) is 2.26. The third-order valence-electron chi connectivity index (χ3n) is 3.57. The maximum Gasteiger partial charge on any atom is 0.223 e. The van der Waals surface area contributed by atoms with Crippen LogP contribution in [0.1, 0.15) is 18.9 Å². The molecule has 0 aliphatic rings. The van der Waals surface area contributed by atoms with Gasteiger partial charge in [0.1, 0.15) is 5.75 Å². The second-order valence-electron chi connectivity index (χ2n) is 5.25. The minimum absolute atomic E-state index is 0.105. The summed E-state index contributed by atoms with van der Waals surface area (Å²) >= 11 is 0. The lowest BCUT2D eigenvalue weighted by molar-refractivity contribution is -0.121. The second-order valence-corrected chi connectivity index (χ2v) is 5.25. The van der Waals surface area contributed by atoms with Crippen LogP contribution in [0.25, 0.3) is 0 Å². The van der Waals surface area contributed by atoms with Crippen molar-refractivity contribution < 1.29 is 14.3 Å². The Labute approximate surface area is 141 Å². The highest BCUT2D eigenvalue weighted by molar-refractivity contribution is 5.92. The molecule has 0 radical (unpaired) electrons. The van der Waals surface area contributed by atoms with E-state index in [1.165, 1.54) is 6.92 Å². The molecular formula is C18H21N3O3. The van der Waals surface area contributed by atoms with Gasteiger partial charge in [-0.25, -0.2) is 0 Å². The zero-order valence-corrected chi connectivity index (χ0v) is 13.9. The monoisotopic (exact) mass is 327 g/mol. The number of ether oxygens (including phenoxy) is 1. The van der Waals surface area contributed by atoms with Gasteiger partial charge in [-0.2, -0.15) is 0 Å². The molecule has 0 aliphatic heterocycles. The summed E-state index contributed by atoms with van der Waals surface area (Å²) in [5, 5.41) is 2.84. The van der Waals surface area contributed by atoms with E-state index in [2.05, 4.69) is 10.3 Å². The molecular weight excluding hydrogens is 306 g/mol. The fraction of sp³-hybridized carbons (Fsp3) is 0.278. The lowest BCUT2D eigenvalue weighted by Gasteiger charge is -2.21. The zero-order chi connectivity index (χ0) is 17.4. The van der Waals surface area contributed by atoms with E-state index in [4.69, 9.17) is 4.74 Å². The summed E-state index contributed by atoms with van der Waals surface area (Å²) in [4.78, 5) is 29.3. The van der Waals surface area contributed by atoms with Crippen LogP contribution in [0.3, 0.4) is 0 Å². The number of carbonyl (C=O) groups excluding carboxylic acids is 2. The first-order valence-electron chi connectivity index (χ1n) is 7.68. The molecule has 0 atom stereocenters. The van der Waals surface area contributed by atoms with Crippen molar-refractivity contribution in [3.63, 3.8) is 0 Å². The second kappa shape index (κ2) is 8.67. The van der Waals surface area contributed by atoms with Gasteiger partial charge >= 0.3 is 0 Å². The van der Waals surface area contributed by atoms with Gasteiger partial charge in [-0.05, 0) is 42.0 Å². The lowest BCUT2D eigenvalue weighted by Crippen LogP contribution is -2.33. The standard InChI is InChI=1S/C18H21N3O3/c1-14(22)21(16-3-5-17(24-2)6-4-16)12-9-18(23)20-13-15-7-10-19-11-8-15/h3-8,10-11H,9,12-13H2,1-2H3,(H,20,23). The van der Waals surface area contributed by atoms with E-state index in [1.54, 1.807) is 48.7 Å². The van der Waals surface area contributed by atoms with Crippen LogP contribution in [0.15, 0.2) is 48.8 Å². The summed E-state index contributed by atoms with van der Waals surface area (Å²) in [6.07, 6.45) is 3.60. The predicted octanol–water partition coefficient (Wildman–Crippen LogP) is 2.15. The number of pyridine rings is 1. The summed E-state index contributed by atoms with van der Waals surface area (Å²) in [5.74, 6) is 0.506. The van der Waals surface area contributed by atoms with E-state index in [-0.39, 0.29) is 18.2 Å². The summed E-state index contributed by atoms with van der Waals surface area (Å²) < 4.78 is 5.11. The molecule has 0 bridgehead atoms. The highest BCUT2D eigenvalue weighted by atomic mass is 16.5. The maximum absolute atomic E-state index is 12.0. The van der Waals surface area contributed by atoms with Gasteiger partial charge in [-0.3, -0.25) is 14.6 Å². The number of hydrogen-bond donors (Lipinski definition) is 1. The Morgan fingerprint density at radius 1 is 1.12 bits per heavy atom. The summed E-state index contributed by atoms with van der Waals surface area (Å²) in [6, 6.07) is 10.9. The topological polar surface area (TPSA) is 71.5 Å². The van der Waals surface area contributed by atoms with Gasteiger partial charge in [0.05, 0.1) is 7.11 Å². The van der Waals surface area contributed by atoms with Gasteiger partial charge < -0.3 is 15.0 Å². The molecule has 1 aromatic carbocycles. The van der Waals surface area contributed by atoms with Crippen molar-refractivity contribution in [2.45, 2.75) is 19.9 Å². The molecule has 2 amide bonds. The number of anilines is 1. The molecule has 6 heteroatoms. The van der Waals surface area contributed by atoms with E-state index in [0.717, 1.165) is 17.0 Å². The molecule has 0 spiro atoms. The number of methoxy groups -OCH3 is 1. The number of aromatic nitrogens is 1. The average Bonchev–Trinajstić information content (AvgIpc) is 2.61. The molecule has 0 saturated heterocycles. The first-order valence-corrected chi connectivity index (χ1v) is 7.68. The molecule has 6 nitrogen and oxygen atoms in total. The Morgan fingerprint density at radius 3 is 2.38 bits per heavy atom. The van der Waals surface area contributed by atoms with Crippen LogP contribution in [-0.4, -0.2) is 30.5 Å². The molecule has 126 valence electrons. The minimum Gasteiger partial charge on any atom is -0.497 e. The predicted molar refractivity (Wildman–Crippen MR) is 91.7 cm³/mol. The van der Waals surface area contributed by atoms with Gasteiger partial charge in [0.15, 0.2) is 0 Å². The molecule has 24 heavy (non-hydrogen) atoms. The molecule has 1 aromatic heterocycles. The van der Waals surface area contributed by atoms with E-state index in [0.29, 0.717) is 13.1 Å². The molecule has 0 aliphatic carbocycles. The zero-order valence-electron chi connectivity index (χ0n) is 13.9. The first-order chi connectivity index (χ1) is 11.6. The molecule has 0 saturated carbocycles. The van der Waals surface area contributed by atoms with Crippen molar-refractivity contribution in [3.05, 3.63) is 54.4 Å². The summed E-state index contributed by atoms with van der Waals surface area (Å²) in [5.41, 5.74) is 1.72. The number of amides is 2. The van der Waals surface area contributed by atoms with Crippen molar-refractivity contribution in [3.8, 4) is 5.75 Å². The van der Waals surface area contributed by atoms with Crippen LogP contribution in [0, 0.1) is 0 Å². The first kappa shape index (κ1) is 17.5. The van der Waals surface area contributed by atoms with Gasteiger partial charge in [0, 0.05) is 44.5 Å². The third kappa shape index (κ3) is 5.08. The van der Waals surface area contributed by atoms with Crippen LogP contribution in [0.4, 0.5) is 5.69 Å². The number of rotatable bonds is 7. The minimum atomic E-state index is -0.109. The Kier molecular flexibility index (Phi) is 6.31. The molecule has 1 heterocycles. The Bertz CT molecular complexity index is 672. The van der Waals surface area contributed by atoms with Gasteiger partial charge in [-0.1, -0.05) is 0 Å². The SMILES string of the molecule is COc1ccc(N(CCC(=O)NCc2ccncc2)C(C)=O)cc1. The largest absolute Gasteiger partial charge is 0.497 e. The Hall–Kier alpha value is -2.89. The van der Waals surface area contributed by atoms with E-state index in [9.17, 15) is 9.59 Å². The average molecular weight is 327 g/mol. The molecule has 2 aromatic rings. The van der Waals surface area contributed by atoms with Crippen LogP contribution < -0.4 is 15.0 Å². The highest BCUT2D eigenvalue weighted by Gasteiger charge is 2.13. The lowest BCUT2D eigenvalue weighted by atomic mass is 10.2. The quantitative estimate of drug-likeness (QED) is 0.846. The van der Waals surface area contributed by atoms with Crippen molar-refractivity contribution in [1.29, 1.82) is 0 Å². The number of nitrogens with zero attached hydrogens (tertiary/aromatic N) is 2. The molecule has 2 rings (SSSR count). The van der Waals surface area contributed by atoms with Crippen LogP contribution in [-0.2, 0) is 16.1 Å². The number of nitrogens with one attached hydrogen (secondary N) is 1. The maximum atomic E-state index is 12.0. The van der Waals surface area contributed by atoms with Crippen LogP contribution in [0.5, 0.6) is 5.75 Å². The Morgan fingerprint density at radius 2 is 1.79 bits per heavy atom. The number of hydrogen-bond acceptors (Lipinski definition) is 4. The highest BCUT2D eigenvalue weighted by Crippen LogP contribution is 2.19. The fourth-order valence-electron chi connectivity index (χ4n) is 2.23. The van der Waals surface area contributed by atoms with E-state index in [1.807, 2.05) is 12.1 Å². The van der Waals surface area contributed by atoms with Crippen molar-refractivity contribution in [1.82, 2.24) is 10.3 Å². The van der Waals surface area contributed by atoms with E-state index >= 15 is 0 Å². The normalized spacial score (nSPS) is 10.1. The third-order valence-corrected chi connectivity index (χ3v) is 3.57. The molecule has 0 unspecified atom stereocenters. The number of benzene rings is 1. The Balaban J connectivity index is 1.88. The molecule has 0 fully saturated rings. The van der Waals surface area contributed by atoms with E-state index < -0.39 is 0 Å². The van der Waals surface area contributed by atoms with Gasteiger partial charge in [-0.15, -0.1) is 0 Å². The van der Waals surface area contributed by atoms with Crippen molar-refractivity contribution in [2.75, 3.05) is 18.6 Å². The molecule has 1 N–H and O–H groups in total. The van der Waals surface area contributed by atoms with Crippen molar-refractivity contribution >= 4 is 17.5 Å². The van der Waals surface area contributed by atoms with Crippen LogP contribution in [0.2, 0.25) is 0 Å². The van der Waals surface area contributed by atoms with Crippen LogP contribution >= 0.6 is 0 Å².